The SMILES string of the molecule is CCC(CC)n1c(COC)nnc1CS(=O)(=O)[C@@H](C)[C@H](OC)c1ncc(Cl)cn1. The fourth-order valence-corrected chi connectivity index (χ4v) is 4.76. The summed E-state index contributed by atoms with van der Waals surface area (Å²) in [7, 11) is -0.661. The molecule has 2 rings (SSSR count). The van der Waals surface area contributed by atoms with Crippen LogP contribution in [-0.4, -0.2) is 52.6 Å². The molecule has 2 atom stereocenters. The second-order valence-corrected chi connectivity index (χ2v) is 9.53. The van der Waals surface area contributed by atoms with Crippen molar-refractivity contribution in [3.63, 3.8) is 0 Å². The second-order valence-electron chi connectivity index (χ2n) is 6.73. The van der Waals surface area contributed by atoms with E-state index in [9.17, 15) is 8.42 Å². The van der Waals surface area contributed by atoms with Gasteiger partial charge in [0.15, 0.2) is 21.5 Å². The lowest BCUT2D eigenvalue weighted by Gasteiger charge is -2.23. The zero-order chi connectivity index (χ0) is 21.6. The number of nitrogens with zero attached hydrogens (tertiary/aromatic N) is 5. The van der Waals surface area contributed by atoms with E-state index in [2.05, 4.69) is 20.2 Å². The lowest BCUT2D eigenvalue weighted by molar-refractivity contribution is 0.0948. The van der Waals surface area contributed by atoms with Crippen molar-refractivity contribution in [3.05, 3.63) is 34.9 Å². The van der Waals surface area contributed by atoms with Gasteiger partial charge in [0.05, 0.1) is 10.3 Å². The molecular formula is C18H28ClN5O4S. The molecule has 29 heavy (non-hydrogen) atoms. The van der Waals surface area contributed by atoms with Crippen LogP contribution in [-0.2, 0) is 31.7 Å². The zero-order valence-corrected chi connectivity index (χ0v) is 18.9. The van der Waals surface area contributed by atoms with Crippen molar-refractivity contribution in [1.29, 1.82) is 0 Å². The van der Waals surface area contributed by atoms with E-state index in [1.807, 2.05) is 18.4 Å². The Morgan fingerprint density at radius 1 is 1.10 bits per heavy atom. The molecule has 0 amide bonds. The molecule has 0 unspecified atom stereocenters. The van der Waals surface area contributed by atoms with E-state index in [-0.39, 0.29) is 24.2 Å². The molecule has 0 spiro atoms. The fourth-order valence-electron chi connectivity index (χ4n) is 3.24. The number of sulfone groups is 1. The third kappa shape index (κ3) is 5.50. The summed E-state index contributed by atoms with van der Waals surface area (Å²) in [5.74, 6) is 0.997. The normalized spacial score (nSPS) is 14.3. The van der Waals surface area contributed by atoms with Crippen LogP contribution in [0.25, 0.3) is 0 Å². The molecule has 0 saturated heterocycles. The van der Waals surface area contributed by atoms with E-state index < -0.39 is 21.2 Å². The van der Waals surface area contributed by atoms with Gasteiger partial charge in [0.1, 0.15) is 24.3 Å². The van der Waals surface area contributed by atoms with Crippen LogP contribution in [0, 0.1) is 0 Å². The standard InChI is InChI=1S/C18H28ClN5O4S/c1-6-14(7-2)24-15(10-27-4)22-23-16(24)11-29(25,26)12(3)17(28-5)18-20-8-13(19)9-21-18/h8-9,12,14,17H,6-7,10-11H2,1-5H3/t12-,17-/m0/s1. The van der Waals surface area contributed by atoms with Gasteiger partial charge in [-0.15, -0.1) is 10.2 Å². The van der Waals surface area contributed by atoms with Crippen molar-refractivity contribution in [1.82, 2.24) is 24.7 Å². The first-order chi connectivity index (χ1) is 13.8. The Morgan fingerprint density at radius 3 is 2.21 bits per heavy atom. The van der Waals surface area contributed by atoms with E-state index in [1.165, 1.54) is 19.5 Å². The monoisotopic (exact) mass is 445 g/mol. The highest BCUT2D eigenvalue weighted by atomic mass is 35.5. The minimum absolute atomic E-state index is 0.0912. The molecule has 0 saturated carbocycles. The molecule has 2 heterocycles. The molecule has 0 radical (unpaired) electrons. The van der Waals surface area contributed by atoms with Gasteiger partial charge in [-0.25, -0.2) is 18.4 Å². The van der Waals surface area contributed by atoms with Crippen LogP contribution in [0.15, 0.2) is 12.4 Å². The third-order valence-electron chi connectivity index (χ3n) is 4.89. The topological polar surface area (TPSA) is 109 Å². The Morgan fingerprint density at radius 2 is 1.69 bits per heavy atom. The highest BCUT2D eigenvalue weighted by Gasteiger charge is 2.34. The van der Waals surface area contributed by atoms with Crippen molar-refractivity contribution >= 4 is 21.4 Å². The molecule has 0 bridgehead atoms. The van der Waals surface area contributed by atoms with Crippen LogP contribution in [0.3, 0.4) is 0 Å². The number of ether oxygens (including phenoxy) is 2. The van der Waals surface area contributed by atoms with Gasteiger partial charge in [-0.1, -0.05) is 25.4 Å². The Hall–Kier alpha value is -1.62. The molecular weight excluding hydrogens is 418 g/mol. The molecule has 0 fully saturated rings. The van der Waals surface area contributed by atoms with E-state index in [0.29, 0.717) is 16.7 Å². The Kier molecular flexibility index (Phi) is 8.50. The molecule has 0 aliphatic heterocycles. The van der Waals surface area contributed by atoms with Crippen molar-refractivity contribution < 1.29 is 17.9 Å². The van der Waals surface area contributed by atoms with Gasteiger partial charge in [0, 0.05) is 32.7 Å². The number of hydrogen-bond acceptors (Lipinski definition) is 8. The fraction of sp³-hybridized carbons (Fsp3) is 0.667. The van der Waals surface area contributed by atoms with Crippen molar-refractivity contribution in [2.24, 2.45) is 0 Å². The highest BCUT2D eigenvalue weighted by Crippen LogP contribution is 2.27. The van der Waals surface area contributed by atoms with Gasteiger partial charge in [-0.2, -0.15) is 0 Å². The van der Waals surface area contributed by atoms with Gasteiger partial charge in [-0.3, -0.25) is 0 Å². The smallest absolute Gasteiger partial charge is 0.163 e. The second kappa shape index (κ2) is 10.4. The molecule has 0 aliphatic rings. The summed E-state index contributed by atoms with van der Waals surface area (Å²) in [6.07, 6.45) is 3.65. The van der Waals surface area contributed by atoms with Gasteiger partial charge < -0.3 is 14.0 Å². The van der Waals surface area contributed by atoms with Crippen molar-refractivity contribution in [2.45, 2.75) is 63.4 Å². The highest BCUT2D eigenvalue weighted by molar-refractivity contribution is 7.91. The Labute approximate surface area is 176 Å². The molecule has 0 N–H and O–H groups in total. The summed E-state index contributed by atoms with van der Waals surface area (Å²) in [6.45, 7) is 5.93. The largest absolute Gasteiger partial charge is 0.377 e. The quantitative estimate of drug-likeness (QED) is 0.519. The number of rotatable bonds is 11. The first kappa shape index (κ1) is 23.7. The van der Waals surface area contributed by atoms with Crippen molar-refractivity contribution in [2.75, 3.05) is 14.2 Å². The molecule has 162 valence electrons. The molecule has 11 heteroatoms. The number of halogens is 1. The summed E-state index contributed by atoms with van der Waals surface area (Å²) < 4.78 is 38.9. The molecule has 9 nitrogen and oxygen atoms in total. The van der Waals surface area contributed by atoms with Gasteiger partial charge >= 0.3 is 0 Å². The average Bonchev–Trinajstić information content (AvgIpc) is 3.07. The van der Waals surface area contributed by atoms with Crippen LogP contribution >= 0.6 is 11.6 Å². The number of hydrogen-bond donors (Lipinski definition) is 0. The predicted octanol–water partition coefficient (Wildman–Crippen LogP) is 2.92. The molecule has 0 aliphatic carbocycles. The minimum Gasteiger partial charge on any atom is -0.377 e. The van der Waals surface area contributed by atoms with Crippen LogP contribution in [0.2, 0.25) is 5.02 Å². The van der Waals surface area contributed by atoms with Crippen LogP contribution < -0.4 is 0 Å². The molecule has 2 aromatic rings. The lowest BCUT2D eigenvalue weighted by Crippen LogP contribution is -2.30. The van der Waals surface area contributed by atoms with Gasteiger partial charge in [0.2, 0.25) is 0 Å². The zero-order valence-electron chi connectivity index (χ0n) is 17.4. The van der Waals surface area contributed by atoms with E-state index in [0.717, 1.165) is 12.8 Å². The first-order valence-electron chi connectivity index (χ1n) is 9.42. The summed E-state index contributed by atoms with van der Waals surface area (Å²) in [5, 5.41) is 7.77. The summed E-state index contributed by atoms with van der Waals surface area (Å²) in [6, 6.07) is 0.0912. The summed E-state index contributed by atoms with van der Waals surface area (Å²) >= 11 is 5.83. The van der Waals surface area contributed by atoms with E-state index in [1.54, 1.807) is 14.0 Å². The van der Waals surface area contributed by atoms with Crippen LogP contribution in [0.4, 0.5) is 0 Å². The van der Waals surface area contributed by atoms with Crippen LogP contribution in [0.1, 0.15) is 63.2 Å². The molecule has 0 aromatic carbocycles. The number of methoxy groups -OCH3 is 2. The maximum Gasteiger partial charge on any atom is 0.163 e. The molecule has 2 aromatic heterocycles. The van der Waals surface area contributed by atoms with Crippen LogP contribution in [0.5, 0.6) is 0 Å². The predicted molar refractivity (Wildman–Crippen MR) is 109 cm³/mol. The Bertz CT molecular complexity index is 884. The van der Waals surface area contributed by atoms with E-state index >= 15 is 0 Å². The third-order valence-corrected chi connectivity index (χ3v) is 7.13. The number of aromatic nitrogens is 5. The summed E-state index contributed by atoms with van der Waals surface area (Å²) in [5.41, 5.74) is 0. The van der Waals surface area contributed by atoms with E-state index in [4.69, 9.17) is 21.1 Å². The first-order valence-corrected chi connectivity index (χ1v) is 11.5. The Balaban J connectivity index is 2.35. The lowest BCUT2D eigenvalue weighted by atomic mass is 10.1. The van der Waals surface area contributed by atoms with Gasteiger partial charge in [0.25, 0.3) is 0 Å². The maximum absolute atomic E-state index is 13.2. The minimum atomic E-state index is -3.66. The maximum atomic E-state index is 13.2. The van der Waals surface area contributed by atoms with Crippen molar-refractivity contribution in [3.8, 4) is 0 Å². The summed E-state index contributed by atoms with van der Waals surface area (Å²) in [4.78, 5) is 8.22. The van der Waals surface area contributed by atoms with Gasteiger partial charge in [-0.05, 0) is 19.8 Å². The average molecular weight is 446 g/mol.